The molecule has 2 aliphatic heterocycles. The minimum absolute atomic E-state index is 0.119. The third-order valence-corrected chi connectivity index (χ3v) is 4.66. The highest BCUT2D eigenvalue weighted by atomic mass is 16.3. The number of aromatic nitrogens is 1. The summed E-state index contributed by atoms with van der Waals surface area (Å²) >= 11 is 0. The standard InChI is InChI=1S/C17H19N3O2/c1-2-14-6-12-8-18-15(7-16(12)22-14)17(21)19-13-5-11-3-4-20(9-11)10-13/h2,6-8,11,13H,1,3-5,9-10H2,(H,19,21)/t11-,13+/m0/s1. The van der Waals surface area contributed by atoms with E-state index in [-0.39, 0.29) is 11.9 Å². The summed E-state index contributed by atoms with van der Waals surface area (Å²) in [5, 5.41) is 4.00. The van der Waals surface area contributed by atoms with Crippen molar-refractivity contribution in [1.82, 2.24) is 15.2 Å². The molecule has 114 valence electrons. The Bertz CT molecular complexity index is 725. The molecule has 1 amide bonds. The van der Waals surface area contributed by atoms with Crippen LogP contribution in [0.15, 0.2) is 29.3 Å². The number of hydrogen-bond donors (Lipinski definition) is 1. The van der Waals surface area contributed by atoms with Crippen LogP contribution in [0.5, 0.6) is 0 Å². The van der Waals surface area contributed by atoms with E-state index in [1.165, 1.54) is 13.0 Å². The van der Waals surface area contributed by atoms with Gasteiger partial charge in [0.15, 0.2) is 0 Å². The van der Waals surface area contributed by atoms with Gasteiger partial charge in [-0.1, -0.05) is 6.58 Å². The number of carbonyl (C=O) groups is 1. The Labute approximate surface area is 129 Å². The van der Waals surface area contributed by atoms with Crippen molar-refractivity contribution in [3.63, 3.8) is 0 Å². The summed E-state index contributed by atoms with van der Waals surface area (Å²) in [5.74, 6) is 1.30. The summed E-state index contributed by atoms with van der Waals surface area (Å²) in [6.07, 6.45) is 5.65. The molecule has 4 heterocycles. The fraction of sp³-hybridized carbons (Fsp3) is 0.412. The van der Waals surface area contributed by atoms with Crippen LogP contribution < -0.4 is 5.32 Å². The number of carbonyl (C=O) groups excluding carboxylic acids is 1. The van der Waals surface area contributed by atoms with Crippen molar-refractivity contribution < 1.29 is 9.21 Å². The van der Waals surface area contributed by atoms with Gasteiger partial charge < -0.3 is 14.6 Å². The Hall–Kier alpha value is -2.14. The number of piperidine rings is 1. The molecule has 0 radical (unpaired) electrons. The van der Waals surface area contributed by atoms with Crippen molar-refractivity contribution in [2.75, 3.05) is 19.6 Å². The van der Waals surface area contributed by atoms with Gasteiger partial charge in [0, 0.05) is 36.8 Å². The molecule has 1 N–H and O–H groups in total. The minimum Gasteiger partial charge on any atom is -0.457 e. The first-order valence-corrected chi connectivity index (χ1v) is 7.76. The Morgan fingerprint density at radius 2 is 2.36 bits per heavy atom. The number of nitrogens with zero attached hydrogens (tertiary/aromatic N) is 2. The maximum absolute atomic E-state index is 12.4. The van der Waals surface area contributed by atoms with E-state index in [2.05, 4.69) is 21.8 Å². The van der Waals surface area contributed by atoms with Gasteiger partial charge in [-0.2, -0.15) is 0 Å². The van der Waals surface area contributed by atoms with Crippen LogP contribution in [-0.2, 0) is 0 Å². The number of amides is 1. The van der Waals surface area contributed by atoms with Gasteiger partial charge in [-0.05, 0) is 37.4 Å². The molecule has 5 nitrogen and oxygen atoms in total. The number of fused-ring (bicyclic) bond motifs is 3. The summed E-state index contributed by atoms with van der Waals surface area (Å²) in [6, 6.07) is 3.80. The first-order chi connectivity index (χ1) is 10.7. The van der Waals surface area contributed by atoms with Crippen molar-refractivity contribution in [2.45, 2.75) is 18.9 Å². The lowest BCUT2D eigenvalue weighted by molar-refractivity contribution is 0.0904. The summed E-state index contributed by atoms with van der Waals surface area (Å²) in [5.41, 5.74) is 1.08. The SMILES string of the molecule is C=Cc1cc2cnc(C(=O)N[C@@H]3C[C@@H]4CCN(C4)C3)cc2o1. The van der Waals surface area contributed by atoms with E-state index in [4.69, 9.17) is 4.42 Å². The molecule has 3 atom stereocenters. The van der Waals surface area contributed by atoms with Crippen LogP contribution in [0.1, 0.15) is 29.1 Å². The van der Waals surface area contributed by atoms with E-state index in [1.54, 1.807) is 18.3 Å². The molecule has 2 saturated heterocycles. The highest BCUT2D eigenvalue weighted by molar-refractivity contribution is 5.95. The van der Waals surface area contributed by atoms with Crippen LogP contribution in [0.25, 0.3) is 17.0 Å². The van der Waals surface area contributed by atoms with E-state index >= 15 is 0 Å². The lowest BCUT2D eigenvalue weighted by Crippen LogP contribution is -2.47. The van der Waals surface area contributed by atoms with Gasteiger partial charge in [0.2, 0.25) is 0 Å². The monoisotopic (exact) mass is 297 g/mol. The fourth-order valence-corrected chi connectivity index (χ4v) is 3.60. The Kier molecular flexibility index (Phi) is 3.22. The summed E-state index contributed by atoms with van der Waals surface area (Å²) in [7, 11) is 0. The largest absolute Gasteiger partial charge is 0.457 e. The normalized spacial score (nSPS) is 27.0. The van der Waals surface area contributed by atoms with Crippen LogP contribution >= 0.6 is 0 Å². The van der Waals surface area contributed by atoms with Gasteiger partial charge in [-0.25, -0.2) is 0 Å². The predicted molar refractivity (Wildman–Crippen MR) is 84.5 cm³/mol. The van der Waals surface area contributed by atoms with Crippen LogP contribution in [0.3, 0.4) is 0 Å². The number of nitrogens with one attached hydrogen (secondary N) is 1. The number of rotatable bonds is 3. The Morgan fingerprint density at radius 1 is 1.45 bits per heavy atom. The molecule has 2 aromatic heterocycles. The second kappa shape index (κ2) is 5.25. The molecule has 2 aromatic rings. The average Bonchev–Trinajstić information content (AvgIpc) is 3.09. The van der Waals surface area contributed by atoms with Crippen molar-refractivity contribution in [3.05, 3.63) is 36.4 Å². The predicted octanol–water partition coefficient (Wildman–Crippen LogP) is 2.29. The maximum atomic E-state index is 12.4. The number of hydrogen-bond acceptors (Lipinski definition) is 4. The maximum Gasteiger partial charge on any atom is 0.270 e. The highest BCUT2D eigenvalue weighted by Gasteiger charge is 2.33. The van der Waals surface area contributed by atoms with Crippen LogP contribution in [0.2, 0.25) is 0 Å². The third-order valence-electron chi connectivity index (χ3n) is 4.66. The molecule has 22 heavy (non-hydrogen) atoms. The van der Waals surface area contributed by atoms with E-state index in [9.17, 15) is 4.79 Å². The van der Waals surface area contributed by atoms with E-state index < -0.39 is 0 Å². The van der Waals surface area contributed by atoms with Gasteiger partial charge >= 0.3 is 0 Å². The lowest BCUT2D eigenvalue weighted by atomic mass is 9.97. The molecule has 0 saturated carbocycles. The van der Waals surface area contributed by atoms with Crippen molar-refractivity contribution in [3.8, 4) is 0 Å². The van der Waals surface area contributed by atoms with Crippen molar-refractivity contribution >= 4 is 23.0 Å². The quantitative estimate of drug-likeness (QED) is 0.944. The minimum atomic E-state index is -0.119. The second-order valence-electron chi connectivity index (χ2n) is 6.28. The fourth-order valence-electron chi connectivity index (χ4n) is 3.60. The average molecular weight is 297 g/mol. The van der Waals surface area contributed by atoms with E-state index in [0.717, 1.165) is 30.8 Å². The third kappa shape index (κ3) is 2.41. The van der Waals surface area contributed by atoms with Crippen LogP contribution in [0, 0.1) is 5.92 Å². The van der Waals surface area contributed by atoms with E-state index in [1.807, 2.05) is 6.07 Å². The summed E-state index contributed by atoms with van der Waals surface area (Å²) in [4.78, 5) is 19.1. The molecular formula is C17H19N3O2. The number of furan rings is 1. The van der Waals surface area contributed by atoms with Crippen LogP contribution in [-0.4, -0.2) is 41.5 Å². The molecule has 0 spiro atoms. The molecule has 1 unspecified atom stereocenters. The zero-order chi connectivity index (χ0) is 15.1. The van der Waals surface area contributed by atoms with Gasteiger partial charge in [0.1, 0.15) is 17.0 Å². The molecule has 2 aliphatic rings. The second-order valence-corrected chi connectivity index (χ2v) is 6.28. The highest BCUT2D eigenvalue weighted by Crippen LogP contribution is 2.27. The lowest BCUT2D eigenvalue weighted by Gasteiger charge is -2.30. The molecule has 4 rings (SSSR count). The number of pyridine rings is 1. The molecule has 0 aliphatic carbocycles. The van der Waals surface area contributed by atoms with Crippen molar-refractivity contribution in [2.24, 2.45) is 5.92 Å². The smallest absolute Gasteiger partial charge is 0.270 e. The van der Waals surface area contributed by atoms with Gasteiger partial charge in [0.25, 0.3) is 5.91 Å². The topological polar surface area (TPSA) is 58.4 Å². The summed E-state index contributed by atoms with van der Waals surface area (Å²) in [6.45, 7) is 6.99. The molecule has 0 aromatic carbocycles. The first kappa shape index (κ1) is 13.5. The van der Waals surface area contributed by atoms with Gasteiger partial charge in [0.05, 0.1) is 0 Å². The van der Waals surface area contributed by atoms with Gasteiger partial charge in [-0.3, -0.25) is 9.78 Å². The Balaban J connectivity index is 1.51. The van der Waals surface area contributed by atoms with Gasteiger partial charge in [-0.15, -0.1) is 0 Å². The zero-order valence-electron chi connectivity index (χ0n) is 12.4. The first-order valence-electron chi connectivity index (χ1n) is 7.76. The summed E-state index contributed by atoms with van der Waals surface area (Å²) < 4.78 is 5.60. The van der Waals surface area contributed by atoms with Crippen molar-refractivity contribution in [1.29, 1.82) is 0 Å². The molecule has 2 bridgehead atoms. The molecular weight excluding hydrogens is 278 g/mol. The van der Waals surface area contributed by atoms with E-state index in [0.29, 0.717) is 17.0 Å². The molecule has 2 fully saturated rings. The Morgan fingerprint density at radius 3 is 3.18 bits per heavy atom. The molecule has 5 heteroatoms. The van der Waals surface area contributed by atoms with Crippen LogP contribution in [0.4, 0.5) is 0 Å². The zero-order valence-corrected chi connectivity index (χ0v) is 12.4.